The molecule has 0 aliphatic heterocycles. The van der Waals surface area contributed by atoms with E-state index in [1.54, 1.807) is 11.8 Å². The van der Waals surface area contributed by atoms with Crippen molar-refractivity contribution in [3.05, 3.63) is 57.6 Å². The Hall–Kier alpha value is -2.09. The molecule has 0 saturated heterocycles. The Morgan fingerprint density at radius 1 is 1.21 bits per heavy atom. The zero-order valence-corrected chi connectivity index (χ0v) is 18.9. The van der Waals surface area contributed by atoms with Gasteiger partial charge in [-0.2, -0.15) is 4.37 Å². The minimum Gasteiger partial charge on any atom is -0.478 e. The maximum Gasteiger partial charge on any atom is 0.347 e. The molecule has 0 aliphatic rings. The van der Waals surface area contributed by atoms with Crippen LogP contribution in [0.1, 0.15) is 30.0 Å². The van der Waals surface area contributed by atoms with Crippen LogP contribution < -0.4 is 4.74 Å². The molecule has 1 N–H and O–H groups in total. The Labute approximate surface area is 183 Å². The summed E-state index contributed by atoms with van der Waals surface area (Å²) in [6.07, 6.45) is 0. The lowest BCUT2D eigenvalue weighted by Gasteiger charge is -2.22. The maximum absolute atomic E-state index is 11.3. The number of ether oxygens (including phenoxy) is 1. The highest BCUT2D eigenvalue weighted by Crippen LogP contribution is 2.31. The highest BCUT2D eigenvalue weighted by Gasteiger charge is 2.29. The molecule has 152 valence electrons. The second-order valence-electron chi connectivity index (χ2n) is 7.11. The van der Waals surface area contributed by atoms with Crippen LogP contribution in [-0.2, 0) is 10.5 Å². The van der Waals surface area contributed by atoms with Crippen LogP contribution in [0.3, 0.4) is 0 Å². The summed E-state index contributed by atoms with van der Waals surface area (Å²) in [6.45, 7) is 6.93. The quantitative estimate of drug-likeness (QED) is 0.446. The summed E-state index contributed by atoms with van der Waals surface area (Å²) < 4.78 is 10.1. The van der Waals surface area contributed by atoms with E-state index in [0.717, 1.165) is 26.6 Å². The van der Waals surface area contributed by atoms with E-state index in [4.69, 9.17) is 16.3 Å². The van der Waals surface area contributed by atoms with E-state index in [-0.39, 0.29) is 0 Å². The minimum atomic E-state index is -1.28. The molecule has 2 aromatic carbocycles. The van der Waals surface area contributed by atoms with Crippen molar-refractivity contribution < 1.29 is 14.6 Å². The Bertz CT molecular complexity index is 1050. The molecule has 0 bridgehead atoms. The number of aromatic nitrogens is 2. The van der Waals surface area contributed by atoms with E-state index < -0.39 is 11.6 Å². The molecule has 8 heteroatoms. The molecule has 0 unspecified atom stereocenters. The summed E-state index contributed by atoms with van der Waals surface area (Å²) >= 11 is 9.22. The molecule has 0 spiro atoms. The molecular formula is C21H21ClN2O3S2. The van der Waals surface area contributed by atoms with Gasteiger partial charge in [-0.05, 0) is 74.6 Å². The lowest BCUT2D eigenvalue weighted by atomic mass is 10.1. The highest BCUT2D eigenvalue weighted by atomic mass is 35.5. The smallest absolute Gasteiger partial charge is 0.347 e. The van der Waals surface area contributed by atoms with E-state index in [1.165, 1.54) is 25.4 Å². The number of thioether (sulfide) groups is 1. The number of carbonyl (C=O) groups is 1. The molecule has 0 saturated carbocycles. The predicted molar refractivity (Wildman–Crippen MR) is 118 cm³/mol. The Morgan fingerprint density at radius 3 is 2.62 bits per heavy atom. The number of benzene rings is 2. The fourth-order valence-corrected chi connectivity index (χ4v) is 4.27. The molecule has 0 radical (unpaired) electrons. The summed E-state index contributed by atoms with van der Waals surface area (Å²) in [6, 6.07) is 11.5. The first-order chi connectivity index (χ1) is 13.7. The van der Waals surface area contributed by atoms with Crippen LogP contribution in [0.15, 0.2) is 41.3 Å². The van der Waals surface area contributed by atoms with E-state index in [9.17, 15) is 9.90 Å². The molecule has 1 heterocycles. The molecule has 3 rings (SSSR count). The van der Waals surface area contributed by atoms with E-state index in [1.807, 2.05) is 50.2 Å². The number of hydrogen-bond donors (Lipinski definition) is 1. The average Bonchev–Trinajstić information content (AvgIpc) is 3.13. The van der Waals surface area contributed by atoms with Crippen molar-refractivity contribution in [3.8, 4) is 17.1 Å². The maximum atomic E-state index is 11.3. The van der Waals surface area contributed by atoms with Crippen LogP contribution in [0, 0.1) is 13.8 Å². The Balaban J connectivity index is 1.66. The number of aryl methyl sites for hydroxylation is 2. The van der Waals surface area contributed by atoms with Gasteiger partial charge in [0.2, 0.25) is 0 Å². The SMILES string of the molecule is Cc1ccc(-c2nsc(CSc3ccc(OC(C)(C)C(=O)O)c(C)c3)n2)cc1Cl. The molecule has 0 fully saturated rings. The van der Waals surface area contributed by atoms with Gasteiger partial charge in [-0.3, -0.25) is 0 Å². The lowest BCUT2D eigenvalue weighted by molar-refractivity contribution is -0.152. The van der Waals surface area contributed by atoms with Crippen LogP contribution in [0.4, 0.5) is 0 Å². The zero-order valence-electron chi connectivity index (χ0n) is 16.5. The normalized spacial score (nSPS) is 11.5. The van der Waals surface area contributed by atoms with Crippen LogP contribution in [0.5, 0.6) is 5.75 Å². The number of carboxylic acid groups (broad SMARTS) is 1. The van der Waals surface area contributed by atoms with Gasteiger partial charge in [0.05, 0.1) is 5.75 Å². The number of rotatable bonds is 7. The third kappa shape index (κ3) is 5.29. The number of nitrogens with zero attached hydrogens (tertiary/aromatic N) is 2. The van der Waals surface area contributed by atoms with Crippen LogP contribution in [-0.4, -0.2) is 26.0 Å². The van der Waals surface area contributed by atoms with Gasteiger partial charge in [0, 0.05) is 15.5 Å². The van der Waals surface area contributed by atoms with Gasteiger partial charge in [0.25, 0.3) is 0 Å². The summed E-state index contributed by atoms with van der Waals surface area (Å²) in [4.78, 5) is 16.9. The Morgan fingerprint density at radius 2 is 1.97 bits per heavy atom. The largest absolute Gasteiger partial charge is 0.478 e. The third-order valence-corrected chi connectivity index (χ3v) is 6.59. The van der Waals surface area contributed by atoms with Crippen LogP contribution >= 0.6 is 34.9 Å². The van der Waals surface area contributed by atoms with Crippen molar-refractivity contribution in [3.63, 3.8) is 0 Å². The van der Waals surface area contributed by atoms with E-state index in [0.29, 0.717) is 22.3 Å². The van der Waals surface area contributed by atoms with Gasteiger partial charge in [-0.15, -0.1) is 11.8 Å². The summed E-state index contributed by atoms with van der Waals surface area (Å²) in [5, 5.41) is 10.9. The van der Waals surface area contributed by atoms with Gasteiger partial charge in [0.15, 0.2) is 11.4 Å². The van der Waals surface area contributed by atoms with E-state index >= 15 is 0 Å². The molecule has 3 aromatic rings. The summed E-state index contributed by atoms with van der Waals surface area (Å²) in [7, 11) is 0. The van der Waals surface area contributed by atoms with Crippen molar-refractivity contribution in [2.45, 2.75) is 43.9 Å². The van der Waals surface area contributed by atoms with Crippen molar-refractivity contribution in [1.29, 1.82) is 0 Å². The van der Waals surface area contributed by atoms with Crippen molar-refractivity contribution in [2.75, 3.05) is 0 Å². The van der Waals surface area contributed by atoms with Crippen LogP contribution in [0.2, 0.25) is 5.02 Å². The second kappa shape index (κ2) is 8.73. The van der Waals surface area contributed by atoms with Gasteiger partial charge in [-0.1, -0.05) is 23.7 Å². The first kappa shape index (κ1) is 21.6. The molecule has 5 nitrogen and oxygen atoms in total. The summed E-state index contributed by atoms with van der Waals surface area (Å²) in [5.74, 6) is 0.939. The molecular weight excluding hydrogens is 428 g/mol. The van der Waals surface area contributed by atoms with Crippen molar-refractivity contribution in [2.24, 2.45) is 0 Å². The van der Waals surface area contributed by atoms with Crippen LogP contribution in [0.25, 0.3) is 11.4 Å². The number of aliphatic carboxylic acids is 1. The predicted octanol–water partition coefficient (Wildman–Crippen LogP) is 6.01. The first-order valence-electron chi connectivity index (χ1n) is 8.90. The Kier molecular flexibility index (Phi) is 6.51. The van der Waals surface area contributed by atoms with Crippen molar-refractivity contribution >= 4 is 40.9 Å². The minimum absolute atomic E-state index is 0.566. The van der Waals surface area contributed by atoms with Crippen molar-refractivity contribution in [1.82, 2.24) is 9.36 Å². The number of hydrogen-bond acceptors (Lipinski definition) is 6. The number of carboxylic acids is 1. The van der Waals surface area contributed by atoms with Gasteiger partial charge in [-0.25, -0.2) is 9.78 Å². The van der Waals surface area contributed by atoms with Gasteiger partial charge >= 0.3 is 5.97 Å². The number of halogens is 1. The third-order valence-electron chi connectivity index (χ3n) is 4.29. The first-order valence-corrected chi connectivity index (χ1v) is 11.0. The zero-order chi connectivity index (χ0) is 21.2. The molecule has 0 atom stereocenters. The molecule has 0 aliphatic carbocycles. The monoisotopic (exact) mass is 448 g/mol. The molecule has 29 heavy (non-hydrogen) atoms. The fraction of sp³-hybridized carbons (Fsp3) is 0.286. The van der Waals surface area contributed by atoms with Gasteiger partial charge in [0.1, 0.15) is 10.8 Å². The highest BCUT2D eigenvalue weighted by molar-refractivity contribution is 7.98. The molecule has 0 amide bonds. The fourth-order valence-electron chi connectivity index (χ4n) is 2.45. The lowest BCUT2D eigenvalue weighted by Crippen LogP contribution is -2.38. The standard InChI is InChI=1S/C21H21ClN2O3S2/c1-12-5-6-14(10-16(12)22)19-23-18(29-24-19)11-28-15-7-8-17(13(2)9-15)27-21(3,4)20(25)26/h5-10H,11H2,1-4H3,(H,25,26). The topological polar surface area (TPSA) is 72.3 Å². The second-order valence-corrected chi connectivity index (χ2v) is 9.40. The van der Waals surface area contributed by atoms with E-state index in [2.05, 4.69) is 9.36 Å². The average molecular weight is 449 g/mol. The summed E-state index contributed by atoms with van der Waals surface area (Å²) in [5.41, 5.74) is 1.54. The molecule has 1 aromatic heterocycles. The van der Waals surface area contributed by atoms with Gasteiger partial charge < -0.3 is 9.84 Å².